The molecule has 0 fully saturated rings. The predicted octanol–water partition coefficient (Wildman–Crippen LogP) is 12.0. The van der Waals surface area contributed by atoms with Gasteiger partial charge in [0.2, 0.25) is 0 Å². The molecule has 1 nitrogen and oxygen atoms in total. The van der Waals surface area contributed by atoms with Crippen molar-refractivity contribution in [3.8, 4) is 33.4 Å². The number of benzene rings is 8. The molecule has 0 saturated heterocycles. The monoisotopic (exact) mass is 551 g/mol. The third-order valence-electron chi connectivity index (χ3n) is 8.53. The molecule has 9 rings (SSSR count). The first-order valence-corrected chi connectivity index (χ1v) is 14.4. The normalized spacial score (nSPS) is 13.3. The van der Waals surface area contributed by atoms with E-state index >= 15 is 0 Å². The Morgan fingerprint density at radius 1 is 0.419 bits per heavy atom. The lowest BCUT2D eigenvalue weighted by Gasteiger charge is -2.18. The Morgan fingerprint density at radius 2 is 0.977 bits per heavy atom. The van der Waals surface area contributed by atoms with Crippen molar-refractivity contribution < 1.29 is 11.3 Å². The van der Waals surface area contributed by atoms with Crippen LogP contribution in [0.25, 0.3) is 87.6 Å². The summed E-state index contributed by atoms with van der Waals surface area (Å²) >= 11 is 0. The second-order valence-corrected chi connectivity index (χ2v) is 10.9. The zero-order valence-electron chi connectivity index (χ0n) is 28.0. The van der Waals surface area contributed by atoms with E-state index < -0.39 is 6.04 Å². The zero-order chi connectivity index (χ0) is 32.7. The summed E-state index contributed by atoms with van der Waals surface area (Å²) in [7, 11) is 0. The van der Waals surface area contributed by atoms with Crippen LogP contribution in [0.1, 0.15) is 6.85 Å². The summed E-state index contributed by atoms with van der Waals surface area (Å²) in [5.74, 6) is 0. The Bertz CT molecular complexity index is 2690. The molecule has 1 heteroatoms. The molecule has 0 aliphatic rings. The molecule has 0 aliphatic carbocycles. The van der Waals surface area contributed by atoms with Crippen LogP contribution in [0.3, 0.4) is 0 Å². The highest BCUT2D eigenvalue weighted by Crippen LogP contribution is 2.44. The first-order chi connectivity index (χ1) is 23.4. The van der Waals surface area contributed by atoms with Crippen LogP contribution in [-0.4, -0.2) is 0 Å². The molecule has 0 saturated carbocycles. The van der Waals surface area contributed by atoms with E-state index in [0.717, 1.165) is 71.1 Å². The van der Waals surface area contributed by atoms with E-state index in [4.69, 9.17) is 11.3 Å². The molecule has 0 N–H and O–H groups in total. The summed E-state index contributed by atoms with van der Waals surface area (Å²) in [6, 6.07) is 41.8. The Balaban J connectivity index is 1.27. The van der Waals surface area contributed by atoms with E-state index in [-0.39, 0.29) is 29.7 Å². The Hall–Kier alpha value is -5.66. The third-order valence-corrected chi connectivity index (χ3v) is 8.53. The number of hydrogen-bond donors (Lipinski definition) is 0. The van der Waals surface area contributed by atoms with E-state index in [1.807, 2.05) is 66.7 Å². The maximum atomic E-state index is 8.80. The maximum Gasteiger partial charge on any atom is 0.136 e. The fourth-order valence-corrected chi connectivity index (χ4v) is 6.65. The molecule has 9 aromatic rings. The van der Waals surface area contributed by atoms with Crippen LogP contribution in [0.2, 0.25) is 0 Å². The van der Waals surface area contributed by atoms with Gasteiger partial charge in [-0.25, -0.2) is 0 Å². The standard InChI is InChI=1S/C42H26O/c1-2-11-28(12-3-1)40-33-15-6-8-17-35(33)41(36-18-9-7-16-34(36)40)29-23-21-27(22-24-29)32-19-10-20-38-42(32)37-25-30-13-4-5-14-31(30)26-39(37)43-38/h1-26H/i1D,2D,3D,11D,12D. The zero-order valence-corrected chi connectivity index (χ0v) is 23.0. The van der Waals surface area contributed by atoms with Gasteiger partial charge in [-0.3, -0.25) is 0 Å². The molecule has 8 aromatic carbocycles. The second kappa shape index (κ2) is 9.44. The van der Waals surface area contributed by atoms with Crippen LogP contribution >= 0.6 is 0 Å². The van der Waals surface area contributed by atoms with Crippen molar-refractivity contribution in [2.45, 2.75) is 0 Å². The van der Waals surface area contributed by atoms with E-state index in [2.05, 4.69) is 60.7 Å². The average Bonchev–Trinajstić information content (AvgIpc) is 3.49. The quantitative estimate of drug-likeness (QED) is 0.199. The Morgan fingerprint density at radius 3 is 1.63 bits per heavy atom. The molecule has 43 heavy (non-hydrogen) atoms. The van der Waals surface area contributed by atoms with Gasteiger partial charge < -0.3 is 4.42 Å². The van der Waals surface area contributed by atoms with Crippen molar-refractivity contribution in [3.05, 3.63) is 158 Å². The molecule has 0 radical (unpaired) electrons. The fraction of sp³-hybridized carbons (Fsp3) is 0. The van der Waals surface area contributed by atoms with Gasteiger partial charge in [-0.05, 0) is 83.9 Å². The highest BCUT2D eigenvalue weighted by atomic mass is 16.3. The molecule has 0 amide bonds. The van der Waals surface area contributed by atoms with Crippen LogP contribution < -0.4 is 0 Å². The number of furan rings is 1. The first kappa shape index (κ1) is 19.5. The number of hydrogen-bond acceptors (Lipinski definition) is 1. The minimum atomic E-state index is -0.397. The predicted molar refractivity (Wildman–Crippen MR) is 183 cm³/mol. The third kappa shape index (κ3) is 3.72. The SMILES string of the molecule is [2H]c1c([2H])c([2H])c(-c2c3ccccc3c(-c3ccc(-c4cccc5oc6cc7ccccc7cc6c45)cc3)c3ccccc23)c([2H])c1[2H]. The van der Waals surface area contributed by atoms with Crippen LogP contribution in [0.15, 0.2) is 162 Å². The Kier molecular flexibility index (Phi) is 4.27. The van der Waals surface area contributed by atoms with Gasteiger partial charge in [-0.15, -0.1) is 0 Å². The van der Waals surface area contributed by atoms with Gasteiger partial charge in [0, 0.05) is 10.8 Å². The van der Waals surface area contributed by atoms with E-state index in [1.54, 1.807) is 0 Å². The summed E-state index contributed by atoms with van der Waals surface area (Å²) in [4.78, 5) is 0. The van der Waals surface area contributed by atoms with Crippen LogP contribution in [0.5, 0.6) is 0 Å². The average molecular weight is 552 g/mol. The van der Waals surface area contributed by atoms with Gasteiger partial charge in [-0.1, -0.05) is 139 Å². The largest absolute Gasteiger partial charge is 0.456 e. The van der Waals surface area contributed by atoms with Gasteiger partial charge in [0.05, 0.1) is 6.85 Å². The molecule has 0 aliphatic heterocycles. The minimum Gasteiger partial charge on any atom is -0.456 e. The molecule has 1 heterocycles. The van der Waals surface area contributed by atoms with E-state index in [9.17, 15) is 0 Å². The molecule has 0 bridgehead atoms. The maximum absolute atomic E-state index is 8.80. The van der Waals surface area contributed by atoms with Crippen molar-refractivity contribution >= 4 is 54.3 Å². The molecular formula is C42H26O. The lowest BCUT2D eigenvalue weighted by molar-refractivity contribution is 0.669. The van der Waals surface area contributed by atoms with Gasteiger partial charge >= 0.3 is 0 Å². The highest BCUT2D eigenvalue weighted by Gasteiger charge is 2.17. The summed E-state index contributed by atoms with van der Waals surface area (Å²) in [6.45, 7) is 0. The highest BCUT2D eigenvalue weighted by molar-refractivity contribution is 6.21. The van der Waals surface area contributed by atoms with Crippen molar-refractivity contribution in [2.75, 3.05) is 0 Å². The number of fused-ring (bicyclic) bond motifs is 6. The summed E-state index contributed by atoms with van der Waals surface area (Å²) in [5.41, 5.74) is 6.79. The first-order valence-electron chi connectivity index (χ1n) is 16.9. The van der Waals surface area contributed by atoms with Crippen molar-refractivity contribution in [1.82, 2.24) is 0 Å². The van der Waals surface area contributed by atoms with Gasteiger partial charge in [0.1, 0.15) is 11.2 Å². The fourth-order valence-electron chi connectivity index (χ4n) is 6.65. The lowest BCUT2D eigenvalue weighted by Crippen LogP contribution is -1.90. The van der Waals surface area contributed by atoms with Gasteiger partial charge in [0.15, 0.2) is 0 Å². The van der Waals surface area contributed by atoms with Crippen LogP contribution in [-0.2, 0) is 0 Å². The summed E-state index contributed by atoms with van der Waals surface area (Å²) in [6.07, 6.45) is 0. The van der Waals surface area contributed by atoms with Crippen molar-refractivity contribution in [2.24, 2.45) is 0 Å². The van der Waals surface area contributed by atoms with Crippen molar-refractivity contribution in [3.63, 3.8) is 0 Å². The van der Waals surface area contributed by atoms with Gasteiger partial charge in [0.25, 0.3) is 0 Å². The molecule has 0 spiro atoms. The lowest BCUT2D eigenvalue weighted by atomic mass is 9.85. The molecular weight excluding hydrogens is 520 g/mol. The topological polar surface area (TPSA) is 13.1 Å². The van der Waals surface area contributed by atoms with E-state index in [0.29, 0.717) is 5.56 Å². The summed E-state index contributed by atoms with van der Waals surface area (Å²) < 4.78 is 48.8. The molecule has 0 atom stereocenters. The number of rotatable bonds is 3. The molecule has 200 valence electrons. The Labute approximate surface area is 256 Å². The van der Waals surface area contributed by atoms with Crippen LogP contribution in [0.4, 0.5) is 0 Å². The van der Waals surface area contributed by atoms with Gasteiger partial charge in [-0.2, -0.15) is 0 Å². The second-order valence-electron chi connectivity index (χ2n) is 10.9. The minimum absolute atomic E-state index is 0.206. The van der Waals surface area contributed by atoms with E-state index in [1.165, 1.54) is 5.39 Å². The van der Waals surface area contributed by atoms with Crippen molar-refractivity contribution in [1.29, 1.82) is 0 Å². The smallest absolute Gasteiger partial charge is 0.136 e. The molecule has 1 aromatic heterocycles. The summed E-state index contributed by atoms with van der Waals surface area (Å²) in [5, 5.41) is 8.04. The van der Waals surface area contributed by atoms with Crippen LogP contribution in [0, 0.1) is 0 Å². The molecule has 0 unspecified atom stereocenters.